The Morgan fingerprint density at radius 3 is 2.50 bits per heavy atom. The molecule has 0 spiro atoms. The smallest absolute Gasteiger partial charge is 0.228 e. The monoisotopic (exact) mass is 345 g/mol. The zero-order chi connectivity index (χ0) is 17.3. The van der Waals surface area contributed by atoms with Crippen LogP contribution >= 0.6 is 11.6 Å². The molecule has 2 unspecified atom stereocenters. The van der Waals surface area contributed by atoms with Crippen LogP contribution in [-0.2, 0) is 4.79 Å². The molecular formula is C19H20ClNO3. The fourth-order valence-corrected chi connectivity index (χ4v) is 3.22. The highest BCUT2D eigenvalue weighted by atomic mass is 35.5. The SMILES string of the molecule is COc1cc(C)c(NC(=O)C2CC2c2ccccc2Cl)cc1OC. The number of aryl methyl sites for hydroxylation is 1. The highest BCUT2D eigenvalue weighted by molar-refractivity contribution is 6.31. The van der Waals surface area contributed by atoms with Crippen LogP contribution in [0, 0.1) is 12.8 Å². The molecule has 1 amide bonds. The lowest BCUT2D eigenvalue weighted by Gasteiger charge is -2.13. The van der Waals surface area contributed by atoms with Gasteiger partial charge in [0, 0.05) is 22.7 Å². The van der Waals surface area contributed by atoms with Gasteiger partial charge < -0.3 is 14.8 Å². The van der Waals surface area contributed by atoms with Gasteiger partial charge in [0.1, 0.15) is 0 Å². The lowest BCUT2D eigenvalue weighted by atomic mass is 10.1. The van der Waals surface area contributed by atoms with Crippen LogP contribution in [0.4, 0.5) is 5.69 Å². The van der Waals surface area contributed by atoms with Crippen molar-refractivity contribution < 1.29 is 14.3 Å². The Morgan fingerprint density at radius 2 is 1.83 bits per heavy atom. The van der Waals surface area contributed by atoms with E-state index in [9.17, 15) is 4.79 Å². The molecule has 1 aliphatic rings. The average molecular weight is 346 g/mol. The summed E-state index contributed by atoms with van der Waals surface area (Å²) in [4.78, 5) is 12.5. The van der Waals surface area contributed by atoms with Crippen molar-refractivity contribution in [2.24, 2.45) is 5.92 Å². The minimum absolute atomic E-state index is 0.00948. The average Bonchev–Trinajstić information content (AvgIpc) is 3.37. The predicted molar refractivity (Wildman–Crippen MR) is 95.2 cm³/mol. The summed E-state index contributed by atoms with van der Waals surface area (Å²) < 4.78 is 10.6. The first-order chi connectivity index (χ1) is 11.5. The Balaban J connectivity index is 1.74. The Bertz CT molecular complexity index is 775. The van der Waals surface area contributed by atoms with Crippen LogP contribution < -0.4 is 14.8 Å². The molecule has 2 aromatic carbocycles. The lowest BCUT2D eigenvalue weighted by Crippen LogP contribution is -2.15. The molecular weight excluding hydrogens is 326 g/mol. The number of amides is 1. The first-order valence-electron chi connectivity index (χ1n) is 7.83. The Kier molecular flexibility index (Phi) is 4.67. The van der Waals surface area contributed by atoms with E-state index >= 15 is 0 Å². The number of methoxy groups -OCH3 is 2. The fourth-order valence-electron chi connectivity index (χ4n) is 2.95. The summed E-state index contributed by atoms with van der Waals surface area (Å²) in [7, 11) is 3.17. The maximum absolute atomic E-state index is 12.5. The number of hydrogen-bond donors (Lipinski definition) is 1. The van der Waals surface area contributed by atoms with Gasteiger partial charge in [-0.05, 0) is 42.5 Å². The second-order valence-corrected chi connectivity index (χ2v) is 6.39. The molecule has 2 aromatic rings. The van der Waals surface area contributed by atoms with E-state index in [-0.39, 0.29) is 17.7 Å². The zero-order valence-electron chi connectivity index (χ0n) is 13.9. The molecule has 1 aliphatic carbocycles. The van der Waals surface area contributed by atoms with Crippen molar-refractivity contribution in [3.8, 4) is 11.5 Å². The molecule has 0 radical (unpaired) electrons. The molecule has 1 saturated carbocycles. The van der Waals surface area contributed by atoms with Gasteiger partial charge in [0.2, 0.25) is 5.91 Å². The van der Waals surface area contributed by atoms with Gasteiger partial charge in [-0.15, -0.1) is 0 Å². The van der Waals surface area contributed by atoms with Crippen molar-refractivity contribution >= 4 is 23.2 Å². The van der Waals surface area contributed by atoms with Crippen LogP contribution in [-0.4, -0.2) is 20.1 Å². The molecule has 5 heteroatoms. The predicted octanol–water partition coefficient (Wildman–Crippen LogP) is 4.41. The standard InChI is InChI=1S/C19H20ClNO3/c1-11-8-17(23-2)18(24-3)10-16(11)21-19(22)14-9-13(14)12-6-4-5-7-15(12)20/h4-8,10,13-14H,9H2,1-3H3,(H,21,22). The summed E-state index contributed by atoms with van der Waals surface area (Å²) >= 11 is 6.23. The van der Waals surface area contributed by atoms with E-state index in [1.165, 1.54) is 0 Å². The largest absolute Gasteiger partial charge is 0.493 e. The third-order valence-electron chi connectivity index (χ3n) is 4.42. The third kappa shape index (κ3) is 3.20. The number of anilines is 1. The number of carbonyl (C=O) groups is 1. The van der Waals surface area contributed by atoms with E-state index in [0.29, 0.717) is 11.5 Å². The molecule has 126 valence electrons. The zero-order valence-corrected chi connectivity index (χ0v) is 14.7. The van der Waals surface area contributed by atoms with Gasteiger partial charge in [-0.25, -0.2) is 0 Å². The summed E-state index contributed by atoms with van der Waals surface area (Å²) in [5.41, 5.74) is 2.71. The van der Waals surface area contributed by atoms with Gasteiger partial charge >= 0.3 is 0 Å². The highest BCUT2D eigenvalue weighted by Gasteiger charge is 2.44. The summed E-state index contributed by atoms with van der Waals surface area (Å²) in [6.45, 7) is 1.93. The summed E-state index contributed by atoms with van der Waals surface area (Å²) in [5, 5.41) is 3.72. The van der Waals surface area contributed by atoms with Gasteiger partial charge in [0.05, 0.1) is 14.2 Å². The second kappa shape index (κ2) is 6.73. The van der Waals surface area contributed by atoms with E-state index in [4.69, 9.17) is 21.1 Å². The summed E-state index contributed by atoms with van der Waals surface area (Å²) in [6.07, 6.45) is 0.821. The Hall–Kier alpha value is -2.20. The van der Waals surface area contributed by atoms with Crippen molar-refractivity contribution in [1.82, 2.24) is 0 Å². The molecule has 0 bridgehead atoms. The first-order valence-corrected chi connectivity index (χ1v) is 8.21. The number of ether oxygens (including phenoxy) is 2. The molecule has 0 aliphatic heterocycles. The van der Waals surface area contributed by atoms with Gasteiger partial charge in [0.15, 0.2) is 11.5 Å². The Morgan fingerprint density at radius 1 is 1.17 bits per heavy atom. The van der Waals surface area contributed by atoms with Crippen LogP contribution in [0.5, 0.6) is 11.5 Å². The highest BCUT2D eigenvalue weighted by Crippen LogP contribution is 2.50. The van der Waals surface area contributed by atoms with Gasteiger partial charge in [0.25, 0.3) is 0 Å². The number of carbonyl (C=O) groups excluding carboxylic acids is 1. The Labute approximate surface area is 146 Å². The van der Waals surface area contributed by atoms with Gasteiger partial charge in [-0.3, -0.25) is 4.79 Å². The molecule has 0 heterocycles. The van der Waals surface area contributed by atoms with E-state index in [1.54, 1.807) is 20.3 Å². The quantitative estimate of drug-likeness (QED) is 0.873. The van der Waals surface area contributed by atoms with Crippen LogP contribution in [0.25, 0.3) is 0 Å². The number of halogens is 1. The van der Waals surface area contributed by atoms with E-state index < -0.39 is 0 Å². The number of hydrogen-bond acceptors (Lipinski definition) is 3. The van der Waals surface area contributed by atoms with Crippen molar-refractivity contribution in [3.05, 3.63) is 52.5 Å². The minimum atomic E-state index is -0.0441. The molecule has 2 atom stereocenters. The van der Waals surface area contributed by atoms with Crippen LogP contribution in [0.15, 0.2) is 36.4 Å². The van der Waals surface area contributed by atoms with Crippen LogP contribution in [0.3, 0.4) is 0 Å². The van der Waals surface area contributed by atoms with Crippen molar-refractivity contribution in [2.45, 2.75) is 19.3 Å². The topological polar surface area (TPSA) is 47.6 Å². The van der Waals surface area contributed by atoms with Gasteiger partial charge in [-0.2, -0.15) is 0 Å². The molecule has 0 saturated heterocycles. The number of rotatable bonds is 5. The lowest BCUT2D eigenvalue weighted by molar-refractivity contribution is -0.117. The van der Waals surface area contributed by atoms with Crippen molar-refractivity contribution in [3.63, 3.8) is 0 Å². The minimum Gasteiger partial charge on any atom is -0.493 e. The maximum atomic E-state index is 12.5. The molecule has 3 rings (SSSR count). The second-order valence-electron chi connectivity index (χ2n) is 5.98. The van der Waals surface area contributed by atoms with Crippen molar-refractivity contribution in [2.75, 3.05) is 19.5 Å². The van der Waals surface area contributed by atoms with E-state index in [2.05, 4.69) is 5.32 Å². The molecule has 4 nitrogen and oxygen atoms in total. The third-order valence-corrected chi connectivity index (χ3v) is 4.76. The fraction of sp³-hybridized carbons (Fsp3) is 0.316. The normalized spacial score (nSPS) is 18.8. The molecule has 0 aromatic heterocycles. The van der Waals surface area contributed by atoms with Crippen molar-refractivity contribution in [1.29, 1.82) is 0 Å². The molecule has 1 fully saturated rings. The first kappa shape index (κ1) is 16.7. The summed E-state index contributed by atoms with van der Waals surface area (Å²) in [5.74, 6) is 1.40. The molecule has 24 heavy (non-hydrogen) atoms. The van der Waals surface area contributed by atoms with Crippen LogP contribution in [0.1, 0.15) is 23.5 Å². The van der Waals surface area contributed by atoms with E-state index in [0.717, 1.165) is 28.3 Å². The number of benzene rings is 2. The van der Waals surface area contributed by atoms with Crippen LogP contribution in [0.2, 0.25) is 5.02 Å². The summed E-state index contributed by atoms with van der Waals surface area (Å²) in [6, 6.07) is 11.3. The number of nitrogens with one attached hydrogen (secondary N) is 1. The van der Waals surface area contributed by atoms with E-state index in [1.807, 2.05) is 37.3 Å². The van der Waals surface area contributed by atoms with Gasteiger partial charge in [-0.1, -0.05) is 29.8 Å². The molecule has 1 N–H and O–H groups in total. The maximum Gasteiger partial charge on any atom is 0.228 e.